The highest BCUT2D eigenvalue weighted by Crippen LogP contribution is 2.19. The largest absolute Gasteiger partial charge is 0.341 e. The van der Waals surface area contributed by atoms with Crippen LogP contribution in [0.1, 0.15) is 12.0 Å². The van der Waals surface area contributed by atoms with Crippen molar-refractivity contribution in [3.05, 3.63) is 58.9 Å². The Morgan fingerprint density at radius 3 is 2.55 bits per heavy atom. The summed E-state index contributed by atoms with van der Waals surface area (Å²) in [6, 6.07) is 14.6. The van der Waals surface area contributed by atoms with Crippen molar-refractivity contribution in [1.29, 1.82) is 0 Å². The highest BCUT2D eigenvalue weighted by Gasteiger charge is 2.11. The highest BCUT2D eigenvalue weighted by atomic mass is 32.1. The first-order valence-electron chi connectivity index (χ1n) is 9.07. The van der Waals surface area contributed by atoms with Crippen LogP contribution in [0.2, 0.25) is 0 Å². The molecule has 0 spiro atoms. The van der Waals surface area contributed by atoms with Gasteiger partial charge in [0.1, 0.15) is 0 Å². The Balaban J connectivity index is 1.66. The molecule has 0 aliphatic carbocycles. The van der Waals surface area contributed by atoms with Crippen molar-refractivity contribution in [3.63, 3.8) is 0 Å². The van der Waals surface area contributed by atoms with E-state index < -0.39 is 0 Å². The second kappa shape index (κ2) is 9.16. The van der Waals surface area contributed by atoms with E-state index in [-0.39, 0.29) is 18.4 Å². The third-order valence-corrected chi connectivity index (χ3v) is 4.54. The molecule has 0 atom stereocenters. The number of nitrogens with zero attached hydrogens (tertiary/aromatic N) is 2. The van der Waals surface area contributed by atoms with Crippen LogP contribution < -0.4 is 16.0 Å². The molecule has 1 aromatic heterocycles. The van der Waals surface area contributed by atoms with Crippen LogP contribution in [0.15, 0.2) is 48.5 Å². The maximum atomic E-state index is 12.4. The lowest BCUT2D eigenvalue weighted by Gasteiger charge is -2.10. The van der Waals surface area contributed by atoms with E-state index in [1.54, 1.807) is 24.3 Å². The van der Waals surface area contributed by atoms with Crippen LogP contribution in [-0.2, 0) is 11.3 Å². The number of rotatable bonds is 6. The Labute approximate surface area is 173 Å². The Bertz CT molecular complexity index is 1090. The van der Waals surface area contributed by atoms with Gasteiger partial charge in [0, 0.05) is 37.0 Å². The summed E-state index contributed by atoms with van der Waals surface area (Å²) < 4.78 is 2.28. The number of aromatic nitrogens is 3. The Kier molecular flexibility index (Phi) is 6.40. The third-order valence-electron chi connectivity index (χ3n) is 4.23. The molecule has 0 unspecified atom stereocenters. The van der Waals surface area contributed by atoms with Crippen LogP contribution >= 0.6 is 12.2 Å². The topological polar surface area (TPSA) is 104 Å². The second-order valence-corrected chi connectivity index (χ2v) is 6.84. The van der Waals surface area contributed by atoms with E-state index in [0.717, 1.165) is 11.1 Å². The van der Waals surface area contributed by atoms with E-state index in [1.807, 2.05) is 35.8 Å². The summed E-state index contributed by atoms with van der Waals surface area (Å²) in [5, 5.41) is 15.1. The minimum Gasteiger partial charge on any atom is -0.341 e. The van der Waals surface area contributed by atoms with Gasteiger partial charge in [0.25, 0.3) is 0 Å². The lowest BCUT2D eigenvalue weighted by molar-refractivity contribution is -0.116. The molecule has 3 aromatic rings. The number of aryl methyl sites for hydroxylation is 1. The smallest absolute Gasteiger partial charge is 0.318 e. The SMILES string of the molecule is CNC(=O)Nc1cccc(NC(=O)CCn2c(-c3cccc(C)c3)n[nH]c2=S)c1. The van der Waals surface area contributed by atoms with Crippen molar-refractivity contribution in [1.82, 2.24) is 20.1 Å². The Hall–Kier alpha value is -3.46. The highest BCUT2D eigenvalue weighted by molar-refractivity contribution is 7.71. The van der Waals surface area contributed by atoms with Gasteiger partial charge in [-0.25, -0.2) is 4.79 Å². The van der Waals surface area contributed by atoms with Gasteiger partial charge in [-0.05, 0) is 43.4 Å². The molecule has 9 heteroatoms. The number of carbonyl (C=O) groups excluding carboxylic acids is 2. The summed E-state index contributed by atoms with van der Waals surface area (Å²) in [5.74, 6) is 0.531. The molecular weight excluding hydrogens is 388 g/mol. The number of amides is 3. The number of hydrogen-bond acceptors (Lipinski definition) is 4. The molecule has 4 N–H and O–H groups in total. The van der Waals surface area contributed by atoms with E-state index in [1.165, 1.54) is 7.05 Å². The number of anilines is 2. The summed E-state index contributed by atoms with van der Waals surface area (Å²) >= 11 is 5.32. The van der Waals surface area contributed by atoms with Gasteiger partial charge >= 0.3 is 6.03 Å². The first-order valence-corrected chi connectivity index (χ1v) is 9.48. The quantitative estimate of drug-likeness (QED) is 0.465. The fraction of sp³-hybridized carbons (Fsp3) is 0.200. The van der Waals surface area contributed by atoms with Gasteiger partial charge in [0.2, 0.25) is 5.91 Å². The monoisotopic (exact) mass is 410 g/mol. The van der Waals surface area contributed by atoms with Crippen LogP contribution in [0.4, 0.5) is 16.2 Å². The standard InChI is InChI=1S/C20H22N6O2S/c1-13-5-3-6-14(11-13)18-24-25-20(29)26(18)10-9-17(27)22-15-7-4-8-16(12-15)23-19(28)21-2/h3-8,11-12H,9-10H2,1-2H3,(H,22,27)(H,25,29)(H2,21,23,28). The number of benzene rings is 2. The van der Waals surface area contributed by atoms with Gasteiger partial charge in [-0.3, -0.25) is 14.5 Å². The molecule has 0 bridgehead atoms. The lowest BCUT2D eigenvalue weighted by Crippen LogP contribution is -2.24. The molecule has 2 aromatic carbocycles. The van der Waals surface area contributed by atoms with Crippen molar-refractivity contribution in [2.45, 2.75) is 19.9 Å². The summed E-state index contributed by atoms with van der Waals surface area (Å²) in [5.41, 5.74) is 3.23. The molecule has 0 fully saturated rings. The Morgan fingerprint density at radius 1 is 1.10 bits per heavy atom. The van der Waals surface area contributed by atoms with Crippen LogP contribution in [0, 0.1) is 11.7 Å². The second-order valence-electron chi connectivity index (χ2n) is 6.46. The van der Waals surface area contributed by atoms with Crippen molar-refractivity contribution in [2.75, 3.05) is 17.7 Å². The van der Waals surface area contributed by atoms with E-state index in [9.17, 15) is 9.59 Å². The average Bonchev–Trinajstić information content (AvgIpc) is 3.07. The zero-order valence-electron chi connectivity index (χ0n) is 16.2. The fourth-order valence-corrected chi connectivity index (χ4v) is 3.06. The third kappa shape index (κ3) is 5.29. The van der Waals surface area contributed by atoms with Gasteiger partial charge in [-0.2, -0.15) is 5.10 Å². The summed E-state index contributed by atoms with van der Waals surface area (Å²) in [4.78, 5) is 23.8. The summed E-state index contributed by atoms with van der Waals surface area (Å²) in [6.45, 7) is 2.40. The molecule has 0 aliphatic rings. The molecule has 150 valence electrons. The van der Waals surface area contributed by atoms with Crippen molar-refractivity contribution >= 4 is 35.5 Å². The first-order chi connectivity index (χ1) is 14.0. The van der Waals surface area contributed by atoms with Crippen LogP contribution in [0.3, 0.4) is 0 Å². The number of nitrogens with one attached hydrogen (secondary N) is 4. The van der Waals surface area contributed by atoms with Crippen molar-refractivity contribution in [3.8, 4) is 11.4 Å². The number of urea groups is 1. The minimum absolute atomic E-state index is 0.166. The predicted molar refractivity (Wildman–Crippen MR) is 115 cm³/mol. The normalized spacial score (nSPS) is 10.4. The number of H-pyrrole nitrogens is 1. The molecule has 0 aliphatic heterocycles. The maximum absolute atomic E-state index is 12.4. The predicted octanol–water partition coefficient (Wildman–Crippen LogP) is 3.70. The van der Waals surface area contributed by atoms with Gasteiger partial charge < -0.3 is 16.0 Å². The van der Waals surface area contributed by atoms with Crippen LogP contribution in [-0.4, -0.2) is 33.8 Å². The zero-order valence-corrected chi connectivity index (χ0v) is 17.0. The molecule has 3 amide bonds. The number of carbonyl (C=O) groups is 2. The molecule has 3 rings (SSSR count). The summed E-state index contributed by atoms with van der Waals surface area (Å²) in [6.07, 6.45) is 0.222. The molecule has 0 saturated carbocycles. The Morgan fingerprint density at radius 2 is 1.83 bits per heavy atom. The van der Waals surface area contributed by atoms with E-state index in [2.05, 4.69) is 26.1 Å². The van der Waals surface area contributed by atoms with Crippen molar-refractivity contribution < 1.29 is 9.59 Å². The zero-order chi connectivity index (χ0) is 20.8. The van der Waals surface area contributed by atoms with Gasteiger partial charge in [-0.15, -0.1) is 0 Å². The van der Waals surface area contributed by atoms with Gasteiger partial charge in [-0.1, -0.05) is 29.8 Å². The first kappa shape index (κ1) is 20.3. The van der Waals surface area contributed by atoms with Crippen LogP contribution in [0.5, 0.6) is 0 Å². The fourth-order valence-electron chi connectivity index (χ4n) is 2.83. The van der Waals surface area contributed by atoms with E-state index in [4.69, 9.17) is 12.2 Å². The summed E-state index contributed by atoms with van der Waals surface area (Å²) in [7, 11) is 1.53. The molecule has 1 heterocycles. The van der Waals surface area contributed by atoms with Crippen molar-refractivity contribution in [2.24, 2.45) is 0 Å². The number of aromatic amines is 1. The molecule has 0 saturated heterocycles. The molecule has 8 nitrogen and oxygen atoms in total. The van der Waals surface area contributed by atoms with Gasteiger partial charge in [0.05, 0.1) is 0 Å². The average molecular weight is 411 g/mol. The van der Waals surface area contributed by atoms with E-state index in [0.29, 0.717) is 28.5 Å². The van der Waals surface area contributed by atoms with E-state index >= 15 is 0 Å². The van der Waals surface area contributed by atoms with Gasteiger partial charge in [0.15, 0.2) is 10.6 Å². The van der Waals surface area contributed by atoms with Crippen LogP contribution in [0.25, 0.3) is 11.4 Å². The number of hydrogen-bond donors (Lipinski definition) is 4. The molecule has 0 radical (unpaired) electrons. The minimum atomic E-state index is -0.327. The molecule has 29 heavy (non-hydrogen) atoms. The molecular formula is C20H22N6O2S. The maximum Gasteiger partial charge on any atom is 0.318 e. The lowest BCUT2D eigenvalue weighted by atomic mass is 10.1.